The normalized spacial score (nSPS) is 7.00. The molecule has 0 bridgehead atoms. The Morgan fingerprint density at radius 3 is 1.40 bits per heavy atom. The van der Waals surface area contributed by atoms with Crippen LogP contribution in [-0.2, 0) is 25.0 Å². The van der Waals surface area contributed by atoms with Crippen LogP contribution in [0.15, 0.2) is 0 Å². The van der Waals surface area contributed by atoms with Crippen molar-refractivity contribution in [3.8, 4) is 0 Å². The third-order valence-corrected chi connectivity index (χ3v) is 0. The summed E-state index contributed by atoms with van der Waals surface area (Å²) in [6, 6.07) is 0. The molecule has 0 heterocycles. The first-order chi connectivity index (χ1) is 1.73. The molecule has 0 rings (SSSR count). The average molecular weight is 268 g/mol. The van der Waals surface area contributed by atoms with Crippen molar-refractivity contribution in [1.29, 1.82) is 0 Å². The summed E-state index contributed by atoms with van der Waals surface area (Å²) < 4.78 is 8.74. The van der Waals surface area contributed by atoms with Crippen LogP contribution in [0.1, 0.15) is 0 Å². The first kappa shape index (κ1) is 9.26. The van der Waals surface area contributed by atoms with Gasteiger partial charge >= 0.3 is 8.25 Å². The summed E-state index contributed by atoms with van der Waals surface area (Å²) in [6.07, 6.45) is 0. The molecule has 0 amide bonds. The molecular weight excluding hydrogens is 265 g/mol. The van der Waals surface area contributed by atoms with Crippen molar-refractivity contribution in [3.63, 3.8) is 0 Å². The van der Waals surface area contributed by atoms with Gasteiger partial charge in [0.15, 0.2) is 0 Å². The number of rotatable bonds is 0. The topological polar surface area (TPSA) is 57.5 Å². The molecule has 1 radical (unpaired) electrons. The maximum atomic E-state index is 8.74. The predicted octanol–water partition coefficient (Wildman–Crippen LogP) is -0.642. The van der Waals surface area contributed by atoms with Crippen LogP contribution in [0.25, 0.3) is 0 Å². The van der Waals surface area contributed by atoms with Gasteiger partial charge in [0.2, 0.25) is 0 Å². The molecule has 0 aromatic rings. The van der Waals surface area contributed by atoms with Crippen LogP contribution < -0.4 is 0 Å². The van der Waals surface area contributed by atoms with Crippen molar-refractivity contribution in [2.75, 3.05) is 0 Å². The molecule has 0 spiro atoms. The van der Waals surface area contributed by atoms with Gasteiger partial charge in [-0.3, -0.25) is 4.57 Å². The molecule has 0 atom stereocenters. The first-order valence-electron chi connectivity index (χ1n) is 0.651. The Morgan fingerprint density at radius 2 is 1.40 bits per heavy atom. The monoisotopic (exact) mass is 269 g/mol. The van der Waals surface area contributed by atoms with E-state index in [0.717, 1.165) is 0 Å². The van der Waals surface area contributed by atoms with E-state index >= 15 is 0 Å². The molecule has 0 aliphatic heterocycles. The first-order valence-corrected chi connectivity index (χ1v) is 1.95. The van der Waals surface area contributed by atoms with Gasteiger partial charge in [-0.15, -0.1) is 0 Å². The van der Waals surface area contributed by atoms with E-state index in [1.807, 2.05) is 0 Å². The van der Waals surface area contributed by atoms with Gasteiger partial charge in [0.25, 0.3) is 0 Å². The van der Waals surface area contributed by atoms with Gasteiger partial charge in [-0.2, -0.15) is 0 Å². The van der Waals surface area contributed by atoms with Gasteiger partial charge < -0.3 is 9.79 Å². The van der Waals surface area contributed by atoms with Crippen LogP contribution >= 0.6 is 8.25 Å². The minimum atomic E-state index is -3.13. The molecular formula is H3O3PRe. The van der Waals surface area contributed by atoms with Crippen molar-refractivity contribution < 1.29 is 34.8 Å². The molecule has 0 saturated heterocycles. The van der Waals surface area contributed by atoms with Crippen molar-refractivity contribution in [1.82, 2.24) is 0 Å². The fourth-order valence-electron chi connectivity index (χ4n) is 0. The Hall–Kier alpha value is 0.812. The van der Waals surface area contributed by atoms with E-state index in [1.165, 1.54) is 0 Å². The molecule has 0 aliphatic rings. The van der Waals surface area contributed by atoms with Crippen molar-refractivity contribution in [3.05, 3.63) is 0 Å². The van der Waals surface area contributed by atoms with Crippen molar-refractivity contribution in [2.24, 2.45) is 0 Å². The largest absolute Gasteiger partial charge is 0.326 e. The standard InChI is InChI=1S/H3O3P.Re/c1-4(2)3;/h4H,(H2,1,2,3);. The maximum absolute atomic E-state index is 8.74. The summed E-state index contributed by atoms with van der Waals surface area (Å²) in [7, 11) is -3.13. The van der Waals surface area contributed by atoms with Gasteiger partial charge in [0.1, 0.15) is 0 Å². The second-order valence-corrected chi connectivity index (χ2v) is 0.848. The van der Waals surface area contributed by atoms with E-state index in [4.69, 9.17) is 14.4 Å². The molecule has 0 saturated carbocycles. The van der Waals surface area contributed by atoms with Crippen LogP contribution in [0.3, 0.4) is 0 Å². The Kier molecular flexibility index (Phi) is 8.91. The minimum absolute atomic E-state index is 0. The molecule has 0 aromatic heterocycles. The molecule has 2 N–H and O–H groups in total. The SMILES string of the molecule is O=[PH](O)O.[Re]. The predicted molar refractivity (Wildman–Crippen MR) is 13.4 cm³/mol. The van der Waals surface area contributed by atoms with Gasteiger partial charge in [-0.1, -0.05) is 0 Å². The summed E-state index contributed by atoms with van der Waals surface area (Å²) in [6.45, 7) is 0. The summed E-state index contributed by atoms with van der Waals surface area (Å²) >= 11 is 0. The number of hydrogen-bond donors (Lipinski definition) is 2. The van der Waals surface area contributed by atoms with Crippen LogP contribution in [0.5, 0.6) is 0 Å². The van der Waals surface area contributed by atoms with E-state index in [2.05, 4.69) is 0 Å². The van der Waals surface area contributed by atoms with Crippen LogP contribution in [-0.4, -0.2) is 9.79 Å². The fourth-order valence-corrected chi connectivity index (χ4v) is 0. The second-order valence-electron chi connectivity index (χ2n) is 0.283. The molecule has 33 valence electrons. The van der Waals surface area contributed by atoms with Crippen LogP contribution in [0.2, 0.25) is 0 Å². The van der Waals surface area contributed by atoms with Crippen molar-refractivity contribution in [2.45, 2.75) is 0 Å². The third kappa shape index (κ3) is 57.7. The van der Waals surface area contributed by atoms with E-state index in [0.29, 0.717) is 0 Å². The van der Waals surface area contributed by atoms with E-state index in [1.54, 1.807) is 0 Å². The average Bonchev–Trinajstić information content (AvgIpc) is 0.811. The maximum Gasteiger partial charge on any atom is 0.314 e. The van der Waals surface area contributed by atoms with Gasteiger partial charge in [-0.05, 0) is 0 Å². The molecule has 5 heteroatoms. The second kappa shape index (κ2) is 4.81. The van der Waals surface area contributed by atoms with E-state index in [-0.39, 0.29) is 20.4 Å². The van der Waals surface area contributed by atoms with Gasteiger partial charge in [0, 0.05) is 20.4 Å². The molecule has 3 nitrogen and oxygen atoms in total. The van der Waals surface area contributed by atoms with Crippen LogP contribution in [0, 0.1) is 0 Å². The molecule has 0 fully saturated rings. The molecule has 5 heavy (non-hydrogen) atoms. The Bertz CT molecular complexity index is 29.9. The zero-order chi connectivity index (χ0) is 3.58. The Morgan fingerprint density at radius 1 is 1.40 bits per heavy atom. The quantitative estimate of drug-likeness (QED) is 0.574. The summed E-state index contributed by atoms with van der Waals surface area (Å²) in [5.41, 5.74) is 0. The summed E-state index contributed by atoms with van der Waals surface area (Å²) in [4.78, 5) is 14.3. The molecule has 0 aromatic carbocycles. The molecule has 0 aliphatic carbocycles. The Labute approximate surface area is 43.6 Å². The minimum Gasteiger partial charge on any atom is -0.326 e. The summed E-state index contributed by atoms with van der Waals surface area (Å²) in [5.74, 6) is 0. The summed E-state index contributed by atoms with van der Waals surface area (Å²) in [5, 5.41) is 0. The zero-order valence-electron chi connectivity index (χ0n) is 2.18. The molecule has 0 unspecified atom stereocenters. The van der Waals surface area contributed by atoms with E-state index < -0.39 is 8.25 Å². The van der Waals surface area contributed by atoms with Crippen molar-refractivity contribution >= 4 is 8.25 Å². The van der Waals surface area contributed by atoms with Gasteiger partial charge in [0.05, 0.1) is 0 Å². The smallest absolute Gasteiger partial charge is 0.314 e. The number of hydrogen-bond acceptors (Lipinski definition) is 1. The zero-order valence-corrected chi connectivity index (χ0v) is 5.90. The van der Waals surface area contributed by atoms with E-state index in [9.17, 15) is 0 Å². The van der Waals surface area contributed by atoms with Crippen LogP contribution in [0.4, 0.5) is 0 Å². The Balaban J connectivity index is 0. The third-order valence-electron chi connectivity index (χ3n) is 0. The van der Waals surface area contributed by atoms with Gasteiger partial charge in [-0.25, -0.2) is 0 Å². The fraction of sp³-hybridized carbons (Fsp3) is 0.